The van der Waals surface area contributed by atoms with Crippen LogP contribution in [0.2, 0.25) is 0 Å². The molecular formula is C21H23F2NO3. The minimum atomic E-state index is -1.03. The van der Waals surface area contributed by atoms with Crippen LogP contribution in [0, 0.1) is 17.6 Å². The summed E-state index contributed by atoms with van der Waals surface area (Å²) in [5.74, 6) is -3.22. The van der Waals surface area contributed by atoms with Gasteiger partial charge in [0, 0.05) is 6.07 Å². The van der Waals surface area contributed by atoms with Crippen molar-refractivity contribution < 1.29 is 23.1 Å². The van der Waals surface area contributed by atoms with Gasteiger partial charge in [0.1, 0.15) is 11.6 Å². The smallest absolute Gasteiger partial charge is 0.341 e. The van der Waals surface area contributed by atoms with Gasteiger partial charge in [-0.25, -0.2) is 13.6 Å². The molecule has 0 bridgehead atoms. The lowest BCUT2D eigenvalue weighted by Crippen LogP contribution is -2.35. The average Bonchev–Trinajstić information content (AvgIpc) is 2.64. The van der Waals surface area contributed by atoms with Gasteiger partial charge in [-0.15, -0.1) is 0 Å². The quantitative estimate of drug-likeness (QED) is 0.738. The summed E-state index contributed by atoms with van der Waals surface area (Å²) in [7, 11) is 0. The van der Waals surface area contributed by atoms with Crippen LogP contribution in [-0.2, 0) is 16.0 Å². The molecule has 0 heterocycles. The molecule has 0 fully saturated rings. The third kappa shape index (κ3) is 5.61. The highest BCUT2D eigenvalue weighted by molar-refractivity contribution is 5.91. The Bertz CT molecular complexity index is 804. The van der Waals surface area contributed by atoms with Gasteiger partial charge in [-0.1, -0.05) is 45.0 Å². The van der Waals surface area contributed by atoms with E-state index in [0.29, 0.717) is 6.07 Å². The van der Waals surface area contributed by atoms with Crippen LogP contribution in [0.25, 0.3) is 0 Å². The Hall–Kier alpha value is -2.76. The predicted molar refractivity (Wildman–Crippen MR) is 98.2 cm³/mol. The maximum Gasteiger partial charge on any atom is 0.341 e. The summed E-state index contributed by atoms with van der Waals surface area (Å²) in [6.07, 6.45) is 0.925. The topological polar surface area (TPSA) is 55.4 Å². The van der Waals surface area contributed by atoms with Crippen molar-refractivity contribution in [1.29, 1.82) is 0 Å². The standard InChI is InChI=1S/C21H23F2NO3/c1-4-14-5-7-15(8-6-14)20(13(2)3)24-19(25)12-27-21(26)17-10-9-16(22)11-18(17)23/h5-11,13,20H,4,12H2,1-3H3,(H,24,25)/t20-/m1/s1. The van der Waals surface area contributed by atoms with Crippen molar-refractivity contribution in [2.24, 2.45) is 5.92 Å². The second-order valence-electron chi connectivity index (χ2n) is 6.58. The van der Waals surface area contributed by atoms with Crippen LogP contribution in [0.1, 0.15) is 48.3 Å². The summed E-state index contributed by atoms with van der Waals surface area (Å²) in [5.41, 5.74) is 1.73. The first-order valence-corrected chi connectivity index (χ1v) is 8.82. The summed E-state index contributed by atoms with van der Waals surface area (Å²) in [5, 5.41) is 2.83. The van der Waals surface area contributed by atoms with Crippen LogP contribution in [-0.4, -0.2) is 18.5 Å². The number of halogens is 2. The van der Waals surface area contributed by atoms with Gasteiger partial charge >= 0.3 is 5.97 Å². The van der Waals surface area contributed by atoms with Crippen molar-refractivity contribution in [3.8, 4) is 0 Å². The van der Waals surface area contributed by atoms with Gasteiger partial charge < -0.3 is 10.1 Å². The molecule has 1 amide bonds. The monoisotopic (exact) mass is 375 g/mol. The highest BCUT2D eigenvalue weighted by Gasteiger charge is 2.20. The zero-order chi connectivity index (χ0) is 20.0. The molecule has 0 aliphatic carbocycles. The Balaban J connectivity index is 1.98. The number of esters is 1. The normalized spacial score (nSPS) is 11.9. The molecule has 4 nitrogen and oxygen atoms in total. The van der Waals surface area contributed by atoms with E-state index in [1.165, 1.54) is 5.56 Å². The number of carbonyl (C=O) groups is 2. The number of ether oxygens (including phenoxy) is 1. The number of aryl methyl sites for hydroxylation is 1. The lowest BCUT2D eigenvalue weighted by molar-refractivity contribution is -0.125. The SMILES string of the molecule is CCc1ccc([C@H](NC(=O)COC(=O)c2ccc(F)cc2F)C(C)C)cc1. The fourth-order valence-corrected chi connectivity index (χ4v) is 2.67. The predicted octanol–water partition coefficient (Wildman–Crippen LogP) is 4.20. The average molecular weight is 375 g/mol. The molecule has 144 valence electrons. The van der Waals surface area contributed by atoms with E-state index in [2.05, 4.69) is 12.2 Å². The van der Waals surface area contributed by atoms with Crippen LogP contribution in [0.4, 0.5) is 8.78 Å². The Morgan fingerprint density at radius 3 is 2.30 bits per heavy atom. The third-order valence-electron chi connectivity index (χ3n) is 4.22. The van der Waals surface area contributed by atoms with Crippen LogP contribution in [0.5, 0.6) is 0 Å². The van der Waals surface area contributed by atoms with E-state index in [4.69, 9.17) is 4.74 Å². The molecule has 0 aliphatic heterocycles. The number of nitrogens with one attached hydrogen (secondary N) is 1. The van der Waals surface area contributed by atoms with Crippen molar-refractivity contribution in [2.75, 3.05) is 6.61 Å². The maximum atomic E-state index is 13.6. The van der Waals surface area contributed by atoms with E-state index in [0.717, 1.165) is 24.1 Å². The molecule has 0 radical (unpaired) electrons. The van der Waals surface area contributed by atoms with E-state index in [1.54, 1.807) is 0 Å². The minimum absolute atomic E-state index is 0.117. The van der Waals surface area contributed by atoms with E-state index in [1.807, 2.05) is 38.1 Å². The highest BCUT2D eigenvalue weighted by atomic mass is 19.1. The largest absolute Gasteiger partial charge is 0.452 e. The maximum absolute atomic E-state index is 13.6. The van der Waals surface area contributed by atoms with Crippen molar-refractivity contribution in [2.45, 2.75) is 33.2 Å². The number of benzene rings is 2. The van der Waals surface area contributed by atoms with Crippen molar-refractivity contribution in [1.82, 2.24) is 5.32 Å². The molecule has 0 saturated carbocycles. The molecule has 6 heteroatoms. The van der Waals surface area contributed by atoms with E-state index in [9.17, 15) is 18.4 Å². The molecule has 2 aromatic rings. The van der Waals surface area contributed by atoms with E-state index in [-0.39, 0.29) is 12.0 Å². The van der Waals surface area contributed by atoms with Gasteiger partial charge in [0.15, 0.2) is 6.61 Å². The van der Waals surface area contributed by atoms with Crippen molar-refractivity contribution in [3.05, 3.63) is 70.8 Å². The minimum Gasteiger partial charge on any atom is -0.452 e. The molecule has 0 saturated heterocycles. The number of hydrogen-bond donors (Lipinski definition) is 1. The van der Waals surface area contributed by atoms with Crippen molar-refractivity contribution in [3.63, 3.8) is 0 Å². The summed E-state index contributed by atoms with van der Waals surface area (Å²) < 4.78 is 31.3. The Morgan fingerprint density at radius 2 is 1.74 bits per heavy atom. The third-order valence-corrected chi connectivity index (χ3v) is 4.22. The second-order valence-corrected chi connectivity index (χ2v) is 6.58. The first-order valence-electron chi connectivity index (χ1n) is 8.82. The molecule has 0 aliphatic rings. The molecule has 27 heavy (non-hydrogen) atoms. The molecule has 1 atom stereocenters. The van der Waals surface area contributed by atoms with Gasteiger partial charge in [-0.3, -0.25) is 4.79 Å². The van der Waals surface area contributed by atoms with E-state index < -0.39 is 35.7 Å². The first kappa shape index (κ1) is 20.6. The number of carbonyl (C=O) groups excluding carboxylic acids is 2. The first-order chi connectivity index (χ1) is 12.8. The Labute approximate surface area is 157 Å². The Morgan fingerprint density at radius 1 is 1.07 bits per heavy atom. The van der Waals surface area contributed by atoms with Crippen LogP contribution >= 0.6 is 0 Å². The van der Waals surface area contributed by atoms with Gasteiger partial charge in [0.05, 0.1) is 11.6 Å². The molecule has 2 rings (SSSR count). The molecule has 0 spiro atoms. The molecule has 1 N–H and O–H groups in total. The van der Waals surface area contributed by atoms with Crippen LogP contribution in [0.3, 0.4) is 0 Å². The molecule has 0 unspecified atom stereocenters. The van der Waals surface area contributed by atoms with Gasteiger partial charge in [-0.05, 0) is 35.6 Å². The number of rotatable bonds is 7. The fraction of sp³-hybridized carbons (Fsp3) is 0.333. The molecular weight excluding hydrogens is 352 g/mol. The molecule has 0 aromatic heterocycles. The van der Waals surface area contributed by atoms with E-state index >= 15 is 0 Å². The van der Waals surface area contributed by atoms with Crippen molar-refractivity contribution >= 4 is 11.9 Å². The van der Waals surface area contributed by atoms with Gasteiger partial charge in [-0.2, -0.15) is 0 Å². The summed E-state index contributed by atoms with van der Waals surface area (Å²) in [6, 6.07) is 10.2. The zero-order valence-corrected chi connectivity index (χ0v) is 15.6. The zero-order valence-electron chi connectivity index (χ0n) is 15.6. The number of amides is 1. The van der Waals surface area contributed by atoms with Crippen LogP contribution < -0.4 is 5.32 Å². The highest BCUT2D eigenvalue weighted by Crippen LogP contribution is 2.22. The summed E-state index contributed by atoms with van der Waals surface area (Å²) >= 11 is 0. The summed E-state index contributed by atoms with van der Waals surface area (Å²) in [4.78, 5) is 24.1. The Kier molecular flexibility index (Phi) is 7.05. The summed E-state index contributed by atoms with van der Waals surface area (Å²) in [6.45, 7) is 5.46. The number of hydrogen-bond acceptors (Lipinski definition) is 3. The lowest BCUT2D eigenvalue weighted by atomic mass is 9.95. The van der Waals surface area contributed by atoms with Gasteiger partial charge in [0.2, 0.25) is 0 Å². The van der Waals surface area contributed by atoms with Gasteiger partial charge in [0.25, 0.3) is 5.91 Å². The molecule has 2 aromatic carbocycles. The fourth-order valence-electron chi connectivity index (χ4n) is 2.67. The second kappa shape index (κ2) is 9.26. The van der Waals surface area contributed by atoms with Crippen LogP contribution in [0.15, 0.2) is 42.5 Å². The lowest BCUT2D eigenvalue weighted by Gasteiger charge is -2.23.